The second-order valence-electron chi connectivity index (χ2n) is 4.22. The number of halogens is 1. The molecule has 1 rings (SSSR count). The van der Waals surface area contributed by atoms with Crippen molar-refractivity contribution in [1.29, 1.82) is 5.26 Å². The Labute approximate surface area is 116 Å². The molecule has 1 aromatic rings. The molecule has 20 heavy (non-hydrogen) atoms. The summed E-state index contributed by atoms with van der Waals surface area (Å²) in [7, 11) is 3.25. The monoisotopic (exact) mass is 278 g/mol. The molecule has 106 valence electrons. The number of benzene rings is 1. The Morgan fingerprint density at radius 2 is 2.10 bits per heavy atom. The van der Waals surface area contributed by atoms with E-state index in [1.807, 2.05) is 0 Å². The minimum atomic E-state index is -0.556. The average Bonchev–Trinajstić information content (AvgIpc) is 2.40. The van der Waals surface area contributed by atoms with Crippen LogP contribution in [0.2, 0.25) is 0 Å². The molecule has 3 amide bonds. The molecule has 0 aliphatic carbocycles. The van der Waals surface area contributed by atoms with Gasteiger partial charge in [0.2, 0.25) is 5.91 Å². The first kappa shape index (κ1) is 15.4. The first-order valence-corrected chi connectivity index (χ1v) is 5.88. The van der Waals surface area contributed by atoms with Crippen LogP contribution in [0.25, 0.3) is 0 Å². The molecule has 7 heteroatoms. The van der Waals surface area contributed by atoms with Gasteiger partial charge >= 0.3 is 6.03 Å². The van der Waals surface area contributed by atoms with Crippen LogP contribution in [0.3, 0.4) is 0 Å². The molecule has 0 bridgehead atoms. The molecule has 0 saturated carbocycles. The highest BCUT2D eigenvalue weighted by Gasteiger charge is 2.08. The number of nitriles is 1. The van der Waals surface area contributed by atoms with Crippen LogP contribution in [-0.4, -0.2) is 37.5 Å². The van der Waals surface area contributed by atoms with Gasteiger partial charge in [-0.25, -0.2) is 9.18 Å². The van der Waals surface area contributed by atoms with E-state index in [9.17, 15) is 14.0 Å². The lowest BCUT2D eigenvalue weighted by Gasteiger charge is -2.11. The summed E-state index contributed by atoms with van der Waals surface area (Å²) in [6, 6.07) is 4.71. The Hall–Kier alpha value is -2.62. The number of nitrogens with zero attached hydrogens (tertiary/aromatic N) is 2. The van der Waals surface area contributed by atoms with E-state index in [0.29, 0.717) is 0 Å². The van der Waals surface area contributed by atoms with Crippen LogP contribution in [0, 0.1) is 17.1 Å². The molecule has 0 aliphatic rings. The Kier molecular flexibility index (Phi) is 5.47. The van der Waals surface area contributed by atoms with Crippen LogP contribution in [-0.2, 0) is 4.79 Å². The quantitative estimate of drug-likeness (QED) is 0.870. The second-order valence-corrected chi connectivity index (χ2v) is 4.22. The van der Waals surface area contributed by atoms with Gasteiger partial charge in [0.25, 0.3) is 0 Å². The molecule has 6 nitrogen and oxygen atoms in total. The molecule has 0 heterocycles. The van der Waals surface area contributed by atoms with Crippen molar-refractivity contribution in [2.75, 3.05) is 26.0 Å². The number of nitrogens with one attached hydrogen (secondary N) is 2. The fourth-order valence-corrected chi connectivity index (χ4v) is 1.39. The van der Waals surface area contributed by atoms with Gasteiger partial charge in [-0.2, -0.15) is 5.26 Å². The molecule has 2 N–H and O–H groups in total. The lowest BCUT2D eigenvalue weighted by atomic mass is 10.2. The van der Waals surface area contributed by atoms with Crippen LogP contribution >= 0.6 is 0 Å². The van der Waals surface area contributed by atoms with E-state index in [2.05, 4.69) is 10.6 Å². The van der Waals surface area contributed by atoms with Gasteiger partial charge < -0.3 is 15.5 Å². The minimum absolute atomic E-state index is 0.0320. The molecule has 0 aromatic heterocycles. The van der Waals surface area contributed by atoms with Crippen molar-refractivity contribution in [3.63, 3.8) is 0 Å². The summed E-state index contributed by atoms with van der Waals surface area (Å²) in [6.45, 7) is 0.173. The van der Waals surface area contributed by atoms with Crippen molar-refractivity contribution in [1.82, 2.24) is 10.2 Å². The maximum Gasteiger partial charge on any atom is 0.319 e. The summed E-state index contributed by atoms with van der Waals surface area (Å²) < 4.78 is 12.9. The van der Waals surface area contributed by atoms with Gasteiger partial charge in [0.05, 0.1) is 11.3 Å². The number of urea groups is 1. The van der Waals surface area contributed by atoms with E-state index in [-0.39, 0.29) is 30.1 Å². The Balaban J connectivity index is 2.51. The smallest absolute Gasteiger partial charge is 0.319 e. The van der Waals surface area contributed by atoms with E-state index in [4.69, 9.17) is 5.26 Å². The highest BCUT2D eigenvalue weighted by Crippen LogP contribution is 2.15. The van der Waals surface area contributed by atoms with Crippen LogP contribution in [0.5, 0.6) is 0 Å². The molecule has 0 atom stereocenters. The van der Waals surface area contributed by atoms with Gasteiger partial charge in [0, 0.05) is 27.1 Å². The zero-order valence-electron chi connectivity index (χ0n) is 11.2. The van der Waals surface area contributed by atoms with Gasteiger partial charge in [0.1, 0.15) is 11.9 Å². The molecule has 0 fully saturated rings. The second kappa shape index (κ2) is 7.09. The SMILES string of the molecule is CN(C)C(=O)CCNC(=O)Nc1ccc(F)cc1C#N. The van der Waals surface area contributed by atoms with Crippen molar-refractivity contribution in [3.05, 3.63) is 29.6 Å². The van der Waals surface area contributed by atoms with Crippen LogP contribution in [0.15, 0.2) is 18.2 Å². The molecule has 0 unspecified atom stereocenters. The summed E-state index contributed by atoms with van der Waals surface area (Å²) >= 11 is 0. The molecule has 0 aliphatic heterocycles. The van der Waals surface area contributed by atoms with E-state index in [1.54, 1.807) is 20.2 Å². The Bertz CT molecular complexity index is 552. The first-order valence-electron chi connectivity index (χ1n) is 5.88. The van der Waals surface area contributed by atoms with E-state index in [1.165, 1.54) is 11.0 Å². The number of carbonyl (C=O) groups excluding carboxylic acids is 2. The lowest BCUT2D eigenvalue weighted by Crippen LogP contribution is -2.33. The Morgan fingerprint density at radius 3 is 2.70 bits per heavy atom. The molecule has 0 radical (unpaired) electrons. The normalized spacial score (nSPS) is 9.50. The zero-order chi connectivity index (χ0) is 15.1. The number of rotatable bonds is 4. The topological polar surface area (TPSA) is 85.2 Å². The number of amides is 3. The third-order valence-corrected chi connectivity index (χ3v) is 2.47. The van der Waals surface area contributed by atoms with E-state index < -0.39 is 11.8 Å². The zero-order valence-corrected chi connectivity index (χ0v) is 11.2. The molecule has 0 spiro atoms. The standard InChI is InChI=1S/C13H15FN4O2/c1-18(2)12(19)5-6-16-13(20)17-11-4-3-10(14)7-9(11)8-15/h3-4,7H,5-6H2,1-2H3,(H2,16,17,20). The van der Waals surface area contributed by atoms with E-state index >= 15 is 0 Å². The fraction of sp³-hybridized carbons (Fsp3) is 0.308. The van der Waals surface area contributed by atoms with Gasteiger partial charge in [-0.15, -0.1) is 0 Å². The Morgan fingerprint density at radius 1 is 1.40 bits per heavy atom. The van der Waals surface area contributed by atoms with Gasteiger partial charge in [-0.3, -0.25) is 4.79 Å². The highest BCUT2D eigenvalue weighted by molar-refractivity contribution is 5.91. The fourth-order valence-electron chi connectivity index (χ4n) is 1.39. The molecule has 0 saturated heterocycles. The predicted molar refractivity (Wildman–Crippen MR) is 71.4 cm³/mol. The highest BCUT2D eigenvalue weighted by atomic mass is 19.1. The molecule has 1 aromatic carbocycles. The summed E-state index contributed by atoms with van der Waals surface area (Å²) in [5.74, 6) is -0.658. The average molecular weight is 278 g/mol. The molecular formula is C13H15FN4O2. The summed E-state index contributed by atoms with van der Waals surface area (Å²) in [5, 5.41) is 13.7. The maximum absolute atomic E-state index is 12.9. The van der Waals surface area contributed by atoms with Crippen molar-refractivity contribution in [2.45, 2.75) is 6.42 Å². The summed E-state index contributed by atoms with van der Waals surface area (Å²) in [6.07, 6.45) is 0.176. The van der Waals surface area contributed by atoms with Crippen molar-refractivity contribution >= 4 is 17.6 Å². The van der Waals surface area contributed by atoms with Gasteiger partial charge in [0.15, 0.2) is 0 Å². The minimum Gasteiger partial charge on any atom is -0.349 e. The van der Waals surface area contributed by atoms with E-state index in [0.717, 1.165) is 12.1 Å². The maximum atomic E-state index is 12.9. The van der Waals surface area contributed by atoms with Gasteiger partial charge in [-0.05, 0) is 18.2 Å². The number of hydrogen-bond donors (Lipinski definition) is 2. The van der Waals surface area contributed by atoms with Crippen LogP contribution < -0.4 is 10.6 Å². The van der Waals surface area contributed by atoms with Crippen molar-refractivity contribution in [2.24, 2.45) is 0 Å². The third kappa shape index (κ3) is 4.57. The molecular weight excluding hydrogens is 263 g/mol. The first-order chi connectivity index (χ1) is 9.43. The van der Waals surface area contributed by atoms with Crippen LogP contribution in [0.4, 0.5) is 14.9 Å². The third-order valence-electron chi connectivity index (χ3n) is 2.47. The lowest BCUT2D eigenvalue weighted by molar-refractivity contribution is -0.128. The number of carbonyl (C=O) groups is 2. The number of anilines is 1. The largest absolute Gasteiger partial charge is 0.349 e. The predicted octanol–water partition coefficient (Wildman–Crippen LogP) is 1.30. The van der Waals surface area contributed by atoms with Crippen LogP contribution in [0.1, 0.15) is 12.0 Å². The van der Waals surface area contributed by atoms with Gasteiger partial charge in [-0.1, -0.05) is 0 Å². The number of hydrogen-bond acceptors (Lipinski definition) is 3. The van der Waals surface area contributed by atoms with Crippen molar-refractivity contribution < 1.29 is 14.0 Å². The summed E-state index contributed by atoms with van der Waals surface area (Å²) in [4.78, 5) is 24.3. The summed E-state index contributed by atoms with van der Waals surface area (Å²) in [5.41, 5.74) is 0.245. The van der Waals surface area contributed by atoms with Crippen molar-refractivity contribution in [3.8, 4) is 6.07 Å².